The van der Waals surface area contributed by atoms with E-state index >= 15 is 0 Å². The van der Waals surface area contributed by atoms with Crippen LogP contribution in [0.2, 0.25) is 5.02 Å². The number of nitrogen functional groups attached to an aromatic ring is 1. The van der Waals surface area contributed by atoms with Crippen LogP contribution in [0.25, 0.3) is 10.1 Å². The van der Waals surface area contributed by atoms with E-state index < -0.39 is 0 Å². The van der Waals surface area contributed by atoms with Crippen LogP contribution in [0.3, 0.4) is 0 Å². The number of anilines is 1. The molecule has 0 radical (unpaired) electrons. The lowest BCUT2D eigenvalue weighted by molar-refractivity contribution is 1.46. The summed E-state index contributed by atoms with van der Waals surface area (Å²) in [4.78, 5) is 0. The molecule has 2 rings (SSSR count). The third kappa shape index (κ3) is 1.50. The maximum Gasteiger partial charge on any atom is 0.0868 e. The van der Waals surface area contributed by atoms with Gasteiger partial charge in [-0.25, -0.2) is 0 Å². The van der Waals surface area contributed by atoms with E-state index in [0.717, 1.165) is 20.7 Å². The quantitative estimate of drug-likeness (QED) is 0.742. The van der Waals surface area contributed by atoms with Crippen LogP contribution in [-0.2, 0) is 5.88 Å². The van der Waals surface area contributed by atoms with E-state index in [1.54, 1.807) is 11.3 Å². The third-order valence-electron chi connectivity index (χ3n) is 1.91. The molecule has 0 aliphatic heterocycles. The Bertz CT molecular complexity index is 450. The molecule has 1 aromatic heterocycles. The molecule has 0 aliphatic rings. The number of alkyl halides is 1. The van der Waals surface area contributed by atoms with Crippen LogP contribution in [-0.4, -0.2) is 0 Å². The van der Waals surface area contributed by atoms with Gasteiger partial charge in [0.25, 0.3) is 0 Å². The first-order valence-corrected chi connectivity index (χ1v) is 5.47. The highest BCUT2D eigenvalue weighted by molar-refractivity contribution is 7.22. The van der Waals surface area contributed by atoms with Crippen molar-refractivity contribution >= 4 is 49.6 Å². The van der Waals surface area contributed by atoms with Crippen molar-refractivity contribution in [3.8, 4) is 0 Å². The van der Waals surface area contributed by atoms with Crippen LogP contribution in [0.5, 0.6) is 0 Å². The van der Waals surface area contributed by atoms with Crippen molar-refractivity contribution in [1.82, 2.24) is 0 Å². The molecular formula is C9H7Cl2NS. The largest absolute Gasteiger partial charge is 0.391 e. The van der Waals surface area contributed by atoms with Gasteiger partial charge in [-0.1, -0.05) is 11.6 Å². The van der Waals surface area contributed by atoms with Crippen molar-refractivity contribution in [3.63, 3.8) is 0 Å². The molecule has 1 nitrogen and oxygen atoms in total. The van der Waals surface area contributed by atoms with Gasteiger partial charge >= 0.3 is 0 Å². The molecular weight excluding hydrogens is 225 g/mol. The zero-order valence-corrected chi connectivity index (χ0v) is 9.01. The second-order valence-electron chi connectivity index (χ2n) is 2.72. The highest BCUT2D eigenvalue weighted by Crippen LogP contribution is 2.34. The maximum absolute atomic E-state index is 5.99. The van der Waals surface area contributed by atoms with Crippen LogP contribution < -0.4 is 5.73 Å². The molecule has 0 bridgehead atoms. The maximum atomic E-state index is 5.99. The molecule has 2 aromatic rings. The van der Waals surface area contributed by atoms with Crippen LogP contribution in [0, 0.1) is 0 Å². The first-order valence-electron chi connectivity index (χ1n) is 3.74. The average Bonchev–Trinajstić information content (AvgIpc) is 2.45. The van der Waals surface area contributed by atoms with E-state index in [1.807, 2.05) is 18.2 Å². The summed E-state index contributed by atoms with van der Waals surface area (Å²) < 4.78 is 1.14. The molecule has 0 saturated heterocycles. The number of benzene rings is 1. The van der Waals surface area contributed by atoms with Gasteiger partial charge in [-0.05, 0) is 23.8 Å². The van der Waals surface area contributed by atoms with Gasteiger partial charge in [0.05, 0.1) is 5.00 Å². The molecule has 0 fully saturated rings. The summed E-state index contributed by atoms with van der Waals surface area (Å²) in [5, 5.41) is 2.58. The lowest BCUT2D eigenvalue weighted by Gasteiger charge is -2.00. The van der Waals surface area contributed by atoms with Gasteiger partial charge in [-0.2, -0.15) is 0 Å². The van der Waals surface area contributed by atoms with Crippen LogP contribution in [0.1, 0.15) is 5.56 Å². The fourth-order valence-corrected chi connectivity index (χ4v) is 2.75. The van der Waals surface area contributed by atoms with Crippen LogP contribution >= 0.6 is 34.5 Å². The topological polar surface area (TPSA) is 26.0 Å². The fraction of sp³-hybridized carbons (Fsp3) is 0.111. The van der Waals surface area contributed by atoms with E-state index in [-0.39, 0.29) is 0 Å². The lowest BCUT2D eigenvalue weighted by Crippen LogP contribution is -1.80. The minimum absolute atomic E-state index is 0.423. The number of thiophene rings is 1. The van der Waals surface area contributed by atoms with Crippen molar-refractivity contribution in [1.29, 1.82) is 0 Å². The predicted octanol–water partition coefficient (Wildman–Crippen LogP) is 3.88. The summed E-state index contributed by atoms with van der Waals surface area (Å²) in [6.45, 7) is 0. The second-order valence-corrected chi connectivity index (χ2v) is 4.51. The summed E-state index contributed by atoms with van der Waals surface area (Å²) >= 11 is 13.3. The van der Waals surface area contributed by atoms with Crippen LogP contribution in [0.15, 0.2) is 18.2 Å². The standard InChI is InChI=1S/C9H7Cl2NS/c10-4-6-5-3-9(12)13-8(5)2-1-7(6)11/h1-3H,4,12H2. The first-order chi connectivity index (χ1) is 6.22. The van der Waals surface area contributed by atoms with Crippen LogP contribution in [0.4, 0.5) is 5.00 Å². The number of rotatable bonds is 1. The van der Waals surface area contributed by atoms with Gasteiger partial charge in [0.15, 0.2) is 0 Å². The molecule has 13 heavy (non-hydrogen) atoms. The molecule has 1 heterocycles. The zero-order valence-electron chi connectivity index (χ0n) is 6.68. The summed E-state index contributed by atoms with van der Waals surface area (Å²) in [5.74, 6) is 0.423. The third-order valence-corrected chi connectivity index (χ3v) is 3.46. The molecule has 0 saturated carbocycles. The van der Waals surface area contributed by atoms with Gasteiger partial charge in [0.1, 0.15) is 0 Å². The number of hydrogen-bond donors (Lipinski definition) is 1. The highest BCUT2D eigenvalue weighted by Gasteiger charge is 2.07. The zero-order chi connectivity index (χ0) is 9.42. The van der Waals surface area contributed by atoms with Crippen molar-refractivity contribution < 1.29 is 0 Å². The van der Waals surface area contributed by atoms with Crippen molar-refractivity contribution in [2.75, 3.05) is 5.73 Å². The summed E-state index contributed by atoms with van der Waals surface area (Å²) in [6.07, 6.45) is 0. The van der Waals surface area contributed by atoms with E-state index in [2.05, 4.69) is 0 Å². The number of halogens is 2. The van der Waals surface area contributed by atoms with Crippen molar-refractivity contribution in [3.05, 3.63) is 28.8 Å². The summed E-state index contributed by atoms with van der Waals surface area (Å²) in [6, 6.07) is 5.75. The molecule has 0 atom stereocenters. The first kappa shape index (κ1) is 9.13. The van der Waals surface area contributed by atoms with Gasteiger partial charge in [-0.3, -0.25) is 0 Å². The minimum Gasteiger partial charge on any atom is -0.391 e. The fourth-order valence-electron chi connectivity index (χ4n) is 1.30. The SMILES string of the molecule is Nc1cc2c(CCl)c(Cl)ccc2s1. The van der Waals surface area contributed by atoms with E-state index in [4.69, 9.17) is 28.9 Å². The molecule has 2 N–H and O–H groups in total. The molecule has 1 aromatic carbocycles. The minimum atomic E-state index is 0.423. The van der Waals surface area contributed by atoms with Gasteiger partial charge in [-0.15, -0.1) is 22.9 Å². The van der Waals surface area contributed by atoms with Gasteiger partial charge in [0, 0.05) is 21.0 Å². The molecule has 0 unspecified atom stereocenters. The number of nitrogens with two attached hydrogens (primary N) is 1. The number of hydrogen-bond acceptors (Lipinski definition) is 2. The Balaban J connectivity index is 2.82. The smallest absolute Gasteiger partial charge is 0.0868 e. The molecule has 0 amide bonds. The van der Waals surface area contributed by atoms with E-state index in [1.165, 1.54) is 0 Å². The molecule has 0 spiro atoms. The van der Waals surface area contributed by atoms with Gasteiger partial charge in [0.2, 0.25) is 0 Å². The monoisotopic (exact) mass is 231 g/mol. The molecule has 4 heteroatoms. The Labute approximate surface area is 90.1 Å². The van der Waals surface area contributed by atoms with E-state index in [9.17, 15) is 0 Å². The molecule has 0 aliphatic carbocycles. The predicted molar refractivity (Wildman–Crippen MR) is 60.8 cm³/mol. The Hall–Kier alpha value is -0.440. The molecule has 68 valence electrons. The van der Waals surface area contributed by atoms with E-state index in [0.29, 0.717) is 10.9 Å². The summed E-state index contributed by atoms with van der Waals surface area (Å²) in [5.41, 5.74) is 6.66. The average molecular weight is 232 g/mol. The number of fused-ring (bicyclic) bond motifs is 1. The lowest BCUT2D eigenvalue weighted by atomic mass is 10.1. The second kappa shape index (κ2) is 3.37. The normalized spacial score (nSPS) is 10.9. The summed E-state index contributed by atoms with van der Waals surface area (Å²) in [7, 11) is 0. The van der Waals surface area contributed by atoms with Crippen molar-refractivity contribution in [2.24, 2.45) is 0 Å². The Morgan fingerprint density at radius 2 is 2.15 bits per heavy atom. The Kier molecular flexibility index (Phi) is 2.37. The Morgan fingerprint density at radius 3 is 2.85 bits per heavy atom. The highest BCUT2D eigenvalue weighted by atomic mass is 35.5. The Morgan fingerprint density at radius 1 is 1.38 bits per heavy atom. The van der Waals surface area contributed by atoms with Gasteiger partial charge < -0.3 is 5.73 Å². The van der Waals surface area contributed by atoms with Crippen molar-refractivity contribution in [2.45, 2.75) is 5.88 Å².